The van der Waals surface area contributed by atoms with Gasteiger partial charge in [0, 0.05) is 5.82 Å². The number of hydrogen-bond acceptors (Lipinski definition) is 2. The van der Waals surface area contributed by atoms with Crippen molar-refractivity contribution in [3.63, 3.8) is 0 Å². The van der Waals surface area contributed by atoms with Crippen molar-refractivity contribution in [2.45, 2.75) is 32.6 Å². The first kappa shape index (κ1) is 21.2. The molecule has 0 amide bonds. The van der Waals surface area contributed by atoms with Crippen LogP contribution in [0, 0.1) is 23.7 Å². The van der Waals surface area contributed by atoms with Gasteiger partial charge in [-0.2, -0.15) is 23.7 Å². The SMILES string of the molecule is CC1CCC(C(=O)Oc2ccc(-c3cc[c-]c(F)c3Cl)cc2)CC1.[Rb+]. The monoisotopic (exact) mass is 430 g/mol. The minimum atomic E-state index is -0.573. The largest absolute Gasteiger partial charge is 1.00 e. The predicted octanol–water partition coefficient (Wildman–Crippen LogP) is 2.68. The molecule has 0 unspecified atom stereocenters. The molecule has 0 radical (unpaired) electrons. The van der Waals surface area contributed by atoms with Gasteiger partial charge in [0.25, 0.3) is 0 Å². The van der Waals surface area contributed by atoms with E-state index in [2.05, 4.69) is 13.0 Å². The minimum absolute atomic E-state index is 0. The summed E-state index contributed by atoms with van der Waals surface area (Å²) in [5, 5.41) is 0.0403. The zero-order valence-corrected chi connectivity index (χ0v) is 20.2. The third-order valence-corrected chi connectivity index (χ3v) is 4.99. The van der Waals surface area contributed by atoms with E-state index in [1.165, 1.54) is 6.07 Å². The van der Waals surface area contributed by atoms with Gasteiger partial charge in [-0.15, -0.1) is 11.6 Å². The van der Waals surface area contributed by atoms with Crippen LogP contribution in [0.3, 0.4) is 0 Å². The van der Waals surface area contributed by atoms with E-state index < -0.39 is 5.82 Å². The topological polar surface area (TPSA) is 26.3 Å². The maximum absolute atomic E-state index is 13.5. The Morgan fingerprint density at radius 3 is 2.44 bits per heavy atom. The van der Waals surface area contributed by atoms with Crippen molar-refractivity contribution in [2.75, 3.05) is 0 Å². The molecule has 0 bridgehead atoms. The van der Waals surface area contributed by atoms with Crippen molar-refractivity contribution in [2.24, 2.45) is 11.8 Å². The molecule has 5 heteroatoms. The molecule has 2 aromatic rings. The van der Waals surface area contributed by atoms with Crippen LogP contribution in [0.5, 0.6) is 5.75 Å². The van der Waals surface area contributed by atoms with E-state index in [4.69, 9.17) is 16.3 Å². The fourth-order valence-corrected chi connectivity index (χ4v) is 3.30. The summed E-state index contributed by atoms with van der Waals surface area (Å²) in [4.78, 5) is 12.2. The first-order valence-electron chi connectivity index (χ1n) is 8.22. The van der Waals surface area contributed by atoms with Gasteiger partial charge in [-0.05, 0) is 54.3 Å². The van der Waals surface area contributed by atoms with Crippen LogP contribution in [-0.4, -0.2) is 5.97 Å². The smallest absolute Gasteiger partial charge is 0.426 e. The van der Waals surface area contributed by atoms with Gasteiger partial charge in [0.1, 0.15) is 5.75 Å². The second-order valence-corrected chi connectivity index (χ2v) is 6.80. The zero-order chi connectivity index (χ0) is 17.1. The molecule has 0 N–H and O–H groups in total. The van der Waals surface area contributed by atoms with Crippen LogP contribution < -0.4 is 62.9 Å². The van der Waals surface area contributed by atoms with Gasteiger partial charge in [0.05, 0.1) is 5.92 Å². The molecule has 1 aliphatic carbocycles. The quantitative estimate of drug-likeness (QED) is 0.425. The molecular formula is C20H19ClFO2Rb. The van der Waals surface area contributed by atoms with Crippen LogP contribution in [0.1, 0.15) is 32.6 Å². The number of rotatable bonds is 3. The minimum Gasteiger partial charge on any atom is -0.426 e. The predicted molar refractivity (Wildman–Crippen MR) is 92.4 cm³/mol. The number of benzene rings is 2. The average Bonchev–Trinajstić information content (AvgIpc) is 2.59. The fraction of sp³-hybridized carbons (Fsp3) is 0.350. The molecule has 0 heterocycles. The number of esters is 1. The van der Waals surface area contributed by atoms with Gasteiger partial charge in [0.15, 0.2) is 0 Å². The molecule has 2 nitrogen and oxygen atoms in total. The number of hydrogen-bond donors (Lipinski definition) is 0. The third-order valence-electron chi connectivity index (χ3n) is 4.62. The summed E-state index contributed by atoms with van der Waals surface area (Å²) in [6.07, 6.45) is 3.95. The van der Waals surface area contributed by atoms with E-state index >= 15 is 0 Å². The van der Waals surface area contributed by atoms with Gasteiger partial charge in [0.2, 0.25) is 0 Å². The van der Waals surface area contributed by atoms with Crippen molar-refractivity contribution >= 4 is 17.6 Å². The molecule has 0 aliphatic heterocycles. The van der Waals surface area contributed by atoms with Crippen molar-refractivity contribution in [3.8, 4) is 16.9 Å². The molecule has 0 atom stereocenters. The van der Waals surface area contributed by atoms with Gasteiger partial charge < -0.3 is 4.74 Å². The fourth-order valence-electron chi connectivity index (χ4n) is 3.07. The van der Waals surface area contributed by atoms with Crippen molar-refractivity contribution < 1.29 is 72.1 Å². The van der Waals surface area contributed by atoms with Crippen LogP contribution in [-0.2, 0) is 4.79 Å². The summed E-state index contributed by atoms with van der Waals surface area (Å²) in [5.74, 6) is 0.460. The molecule has 126 valence electrons. The summed E-state index contributed by atoms with van der Waals surface area (Å²) >= 11 is 5.97. The number of carbonyl (C=O) groups is 1. The number of ether oxygens (including phenoxy) is 1. The van der Waals surface area contributed by atoms with Crippen LogP contribution in [0.4, 0.5) is 4.39 Å². The van der Waals surface area contributed by atoms with Crippen molar-refractivity contribution in [1.82, 2.24) is 0 Å². The molecule has 1 aliphatic rings. The Hall–Kier alpha value is -0.0648. The van der Waals surface area contributed by atoms with Crippen LogP contribution >= 0.6 is 11.6 Å². The molecular weight excluding hydrogens is 412 g/mol. The molecule has 2 aromatic carbocycles. The maximum atomic E-state index is 13.5. The molecule has 1 saturated carbocycles. The van der Waals surface area contributed by atoms with E-state index in [1.807, 2.05) is 0 Å². The van der Waals surface area contributed by atoms with E-state index in [0.29, 0.717) is 17.2 Å². The first-order valence-corrected chi connectivity index (χ1v) is 8.60. The Bertz CT molecular complexity index is 725. The molecule has 1 fully saturated rings. The second-order valence-electron chi connectivity index (χ2n) is 6.42. The normalized spacial score (nSPS) is 19.8. The average molecular weight is 431 g/mol. The summed E-state index contributed by atoms with van der Waals surface area (Å²) in [7, 11) is 0. The van der Waals surface area contributed by atoms with Gasteiger partial charge in [-0.25, -0.2) is 4.39 Å². The van der Waals surface area contributed by atoms with Crippen LogP contribution in [0.2, 0.25) is 5.02 Å². The Kier molecular flexibility index (Phi) is 8.28. The molecule has 0 saturated heterocycles. The first-order chi connectivity index (χ1) is 11.5. The maximum Gasteiger partial charge on any atom is 1.00 e. The standard InChI is InChI=1S/C20H19ClFO2.Rb/c1-13-5-7-15(8-6-13)20(23)24-16-11-9-14(10-12-16)17-3-2-4-18(22)19(17)21;/h2-3,9-13,15H,5-8H2,1H3;/q-1;+1. The Balaban J connectivity index is 0.00000225. The van der Waals surface area contributed by atoms with E-state index in [0.717, 1.165) is 31.2 Å². The van der Waals surface area contributed by atoms with Gasteiger partial charge >= 0.3 is 64.2 Å². The molecule has 25 heavy (non-hydrogen) atoms. The number of halogens is 2. The van der Waals surface area contributed by atoms with Gasteiger partial charge in [-0.3, -0.25) is 4.79 Å². The summed E-state index contributed by atoms with van der Waals surface area (Å²) in [5.41, 5.74) is 1.35. The van der Waals surface area contributed by atoms with E-state index in [-0.39, 0.29) is 75.1 Å². The van der Waals surface area contributed by atoms with Crippen molar-refractivity contribution in [1.29, 1.82) is 0 Å². The molecule has 0 spiro atoms. The summed E-state index contributed by atoms with van der Waals surface area (Å²) in [6.45, 7) is 2.22. The second kappa shape index (κ2) is 9.75. The summed E-state index contributed by atoms with van der Waals surface area (Å²) in [6, 6.07) is 12.6. The van der Waals surface area contributed by atoms with Crippen LogP contribution in [0.25, 0.3) is 11.1 Å². The Labute approximate surface area is 201 Å². The third kappa shape index (κ3) is 5.46. The Morgan fingerprint density at radius 1 is 1.16 bits per heavy atom. The van der Waals surface area contributed by atoms with E-state index in [1.54, 1.807) is 30.3 Å². The molecule has 0 aromatic heterocycles. The zero-order valence-electron chi connectivity index (χ0n) is 14.5. The number of carbonyl (C=O) groups excluding carboxylic acids is 1. The van der Waals surface area contributed by atoms with Crippen molar-refractivity contribution in [3.05, 3.63) is 53.3 Å². The molecule has 3 rings (SSSR count). The Morgan fingerprint density at radius 2 is 1.80 bits per heavy atom. The van der Waals surface area contributed by atoms with E-state index in [9.17, 15) is 9.18 Å². The summed E-state index contributed by atoms with van der Waals surface area (Å²) < 4.78 is 19.0. The van der Waals surface area contributed by atoms with Gasteiger partial charge in [-0.1, -0.05) is 19.1 Å². The van der Waals surface area contributed by atoms with Crippen LogP contribution in [0.15, 0.2) is 36.4 Å².